The summed E-state index contributed by atoms with van der Waals surface area (Å²) in [7, 11) is 0. The average molecular weight is 718 g/mol. The van der Waals surface area contributed by atoms with Crippen molar-refractivity contribution in [3.05, 3.63) is 78.4 Å². The van der Waals surface area contributed by atoms with E-state index in [0.29, 0.717) is 33.9 Å². The first kappa shape index (κ1) is 36.8. The molecule has 5 rings (SSSR count). The van der Waals surface area contributed by atoms with Gasteiger partial charge in [-0.1, -0.05) is 25.1 Å². The van der Waals surface area contributed by atoms with E-state index in [-0.39, 0.29) is 28.6 Å². The van der Waals surface area contributed by atoms with Gasteiger partial charge in [0.25, 0.3) is 5.91 Å². The Bertz CT molecular complexity index is 1450. The molecule has 260 valence electrons. The van der Waals surface area contributed by atoms with Gasteiger partial charge in [0.15, 0.2) is 0 Å². The van der Waals surface area contributed by atoms with Crippen LogP contribution in [0.3, 0.4) is 0 Å². The fourth-order valence-corrected chi connectivity index (χ4v) is 8.41. The van der Waals surface area contributed by atoms with E-state index in [4.69, 9.17) is 0 Å². The van der Waals surface area contributed by atoms with Crippen LogP contribution in [0, 0.1) is 5.92 Å². The number of alkyl halides is 3. The first-order valence-electron chi connectivity index (χ1n) is 16.6. The maximum atomic E-state index is 13.8. The van der Waals surface area contributed by atoms with E-state index in [9.17, 15) is 18.0 Å². The van der Waals surface area contributed by atoms with E-state index in [1.165, 1.54) is 6.07 Å². The molecule has 1 amide bonds. The smallest absolute Gasteiger partial charge is 0.381 e. The fraction of sp³-hybridized carbons (Fsp3) is 0.472. The van der Waals surface area contributed by atoms with Crippen LogP contribution in [0.15, 0.2) is 87.5 Å². The Hall–Kier alpha value is -2.51. The second-order valence-corrected chi connectivity index (χ2v) is 15.9. The fourth-order valence-electron chi connectivity index (χ4n) is 6.02. The zero-order valence-electron chi connectivity index (χ0n) is 27.8. The lowest BCUT2D eigenvalue weighted by Gasteiger charge is -2.37. The standard InChI is InChI=1S/C36H46F3N5OS3/c1-26(2)43-21-19-42(20-22-43)17-16-29(25-46-31-7-5-4-6-8-31)40-33-14-13-32(23-34(33)47-36(37,38)39)48-41-35(45)28-9-11-30(12-10-28)44-18-15-27(3)24-44/h4-14,23,26-27,29,40H,15-22,24-25H2,1-3H3,(H,41,45). The maximum absolute atomic E-state index is 13.8. The number of piperazine rings is 1. The van der Waals surface area contributed by atoms with Gasteiger partial charge in [-0.25, -0.2) is 0 Å². The number of halogens is 3. The number of carbonyl (C=O) groups excluding carboxylic acids is 1. The second kappa shape index (κ2) is 17.4. The molecule has 2 atom stereocenters. The molecule has 2 aliphatic heterocycles. The van der Waals surface area contributed by atoms with Gasteiger partial charge in [-0.15, -0.1) is 11.8 Å². The van der Waals surface area contributed by atoms with Crippen molar-refractivity contribution in [2.75, 3.05) is 61.8 Å². The highest BCUT2D eigenvalue weighted by atomic mass is 32.2. The molecule has 0 aromatic heterocycles. The predicted molar refractivity (Wildman–Crippen MR) is 196 cm³/mol. The Kier molecular flexibility index (Phi) is 13.3. The minimum absolute atomic E-state index is 0.0455. The molecule has 2 saturated heterocycles. The number of rotatable bonds is 14. The number of thioether (sulfide) groups is 2. The van der Waals surface area contributed by atoms with E-state index < -0.39 is 5.51 Å². The van der Waals surface area contributed by atoms with Crippen molar-refractivity contribution in [2.45, 2.75) is 65.9 Å². The van der Waals surface area contributed by atoms with Gasteiger partial charge in [0.1, 0.15) is 0 Å². The zero-order valence-corrected chi connectivity index (χ0v) is 30.3. The third-order valence-corrected chi connectivity index (χ3v) is 11.6. The summed E-state index contributed by atoms with van der Waals surface area (Å²) in [5.41, 5.74) is -2.41. The summed E-state index contributed by atoms with van der Waals surface area (Å²) in [4.78, 5) is 21.9. The van der Waals surface area contributed by atoms with Gasteiger partial charge >= 0.3 is 5.51 Å². The molecule has 2 N–H and O–H groups in total. The lowest BCUT2D eigenvalue weighted by molar-refractivity contribution is -0.0328. The molecule has 3 aromatic carbocycles. The lowest BCUT2D eigenvalue weighted by Crippen LogP contribution is -2.49. The number of benzene rings is 3. The minimum atomic E-state index is -4.46. The zero-order chi connectivity index (χ0) is 34.1. The SMILES string of the molecule is CC1CCN(c2ccc(C(=O)NSc3ccc(NC(CCN4CCN(C(C)C)CC4)CSc4ccccc4)c(SC(F)(F)F)c3)cc2)C1. The number of nitrogens with zero attached hydrogens (tertiary/aromatic N) is 3. The number of amides is 1. The highest BCUT2D eigenvalue weighted by Crippen LogP contribution is 2.42. The summed E-state index contributed by atoms with van der Waals surface area (Å²) in [6.45, 7) is 13.6. The maximum Gasteiger partial charge on any atom is 0.446 e. The largest absolute Gasteiger partial charge is 0.446 e. The molecular weight excluding hydrogens is 672 g/mol. The van der Waals surface area contributed by atoms with Crippen LogP contribution in [0.4, 0.5) is 24.5 Å². The Labute approximate surface area is 296 Å². The van der Waals surface area contributed by atoms with Gasteiger partial charge in [0, 0.05) is 95.3 Å². The molecule has 12 heteroatoms. The topological polar surface area (TPSA) is 50.9 Å². The van der Waals surface area contributed by atoms with Crippen LogP contribution in [-0.2, 0) is 0 Å². The molecule has 6 nitrogen and oxygen atoms in total. The van der Waals surface area contributed by atoms with E-state index in [1.54, 1.807) is 36.0 Å². The molecule has 2 heterocycles. The molecule has 0 spiro atoms. The number of hydrogen-bond donors (Lipinski definition) is 2. The Morgan fingerprint density at radius 3 is 2.31 bits per heavy atom. The molecule has 0 bridgehead atoms. The molecule has 0 aliphatic carbocycles. The summed E-state index contributed by atoms with van der Waals surface area (Å²) in [6, 6.07) is 23.0. The summed E-state index contributed by atoms with van der Waals surface area (Å²) in [5.74, 6) is 1.08. The number of nitrogens with one attached hydrogen (secondary N) is 2. The molecule has 0 radical (unpaired) electrons. The van der Waals surface area contributed by atoms with Crippen LogP contribution in [0.5, 0.6) is 0 Å². The summed E-state index contributed by atoms with van der Waals surface area (Å²) < 4.78 is 44.2. The normalized spacial score (nSPS) is 18.3. The van der Waals surface area contributed by atoms with E-state index in [2.05, 4.69) is 57.6 Å². The Balaban J connectivity index is 1.24. The van der Waals surface area contributed by atoms with Crippen molar-refractivity contribution in [3.63, 3.8) is 0 Å². The first-order valence-corrected chi connectivity index (χ1v) is 19.3. The monoisotopic (exact) mass is 717 g/mol. The van der Waals surface area contributed by atoms with Crippen LogP contribution in [0.1, 0.15) is 44.0 Å². The van der Waals surface area contributed by atoms with Crippen LogP contribution in [-0.4, -0.2) is 84.9 Å². The van der Waals surface area contributed by atoms with Crippen LogP contribution in [0.2, 0.25) is 0 Å². The van der Waals surface area contributed by atoms with Crippen molar-refractivity contribution in [1.82, 2.24) is 14.5 Å². The second-order valence-electron chi connectivity index (χ2n) is 12.9. The van der Waals surface area contributed by atoms with E-state index >= 15 is 0 Å². The van der Waals surface area contributed by atoms with Crippen LogP contribution in [0.25, 0.3) is 0 Å². The van der Waals surface area contributed by atoms with Crippen molar-refractivity contribution in [3.8, 4) is 0 Å². The molecule has 0 saturated carbocycles. The Morgan fingerprint density at radius 1 is 0.938 bits per heavy atom. The summed E-state index contributed by atoms with van der Waals surface area (Å²) >= 11 is 2.61. The number of carbonyl (C=O) groups is 1. The van der Waals surface area contributed by atoms with Crippen molar-refractivity contribution in [1.29, 1.82) is 0 Å². The highest BCUT2D eigenvalue weighted by molar-refractivity contribution is 8.00. The van der Waals surface area contributed by atoms with Gasteiger partial charge in [0.2, 0.25) is 0 Å². The molecule has 3 aromatic rings. The third-order valence-electron chi connectivity index (χ3n) is 8.84. The van der Waals surface area contributed by atoms with Crippen LogP contribution >= 0.6 is 35.5 Å². The average Bonchev–Trinajstić information content (AvgIpc) is 3.51. The van der Waals surface area contributed by atoms with Gasteiger partial charge in [-0.05, 0) is 111 Å². The lowest BCUT2D eigenvalue weighted by atomic mass is 10.2. The number of anilines is 2. The summed E-state index contributed by atoms with van der Waals surface area (Å²) in [5, 5.41) is 3.48. The van der Waals surface area contributed by atoms with E-state index in [1.807, 2.05) is 30.3 Å². The summed E-state index contributed by atoms with van der Waals surface area (Å²) in [6.07, 6.45) is 1.96. The predicted octanol–water partition coefficient (Wildman–Crippen LogP) is 8.57. The molecule has 2 unspecified atom stereocenters. The number of hydrogen-bond acceptors (Lipinski definition) is 8. The quantitative estimate of drug-likeness (QED) is 0.127. The Morgan fingerprint density at radius 2 is 1.67 bits per heavy atom. The van der Waals surface area contributed by atoms with E-state index in [0.717, 1.165) is 81.2 Å². The van der Waals surface area contributed by atoms with Gasteiger partial charge in [-0.3, -0.25) is 14.4 Å². The third kappa shape index (κ3) is 11.3. The molecule has 2 fully saturated rings. The van der Waals surface area contributed by atoms with Crippen molar-refractivity contribution < 1.29 is 18.0 Å². The van der Waals surface area contributed by atoms with Gasteiger partial charge in [-0.2, -0.15) is 13.2 Å². The highest BCUT2D eigenvalue weighted by Gasteiger charge is 2.31. The van der Waals surface area contributed by atoms with Crippen molar-refractivity contribution >= 4 is 52.8 Å². The molecular formula is C36H46F3N5OS3. The first-order chi connectivity index (χ1) is 23.0. The van der Waals surface area contributed by atoms with Crippen LogP contribution < -0.4 is 14.9 Å². The minimum Gasteiger partial charge on any atom is -0.381 e. The molecule has 2 aliphatic rings. The van der Waals surface area contributed by atoms with Crippen molar-refractivity contribution in [2.24, 2.45) is 5.92 Å². The van der Waals surface area contributed by atoms with Gasteiger partial charge < -0.3 is 15.1 Å². The van der Waals surface area contributed by atoms with Gasteiger partial charge in [0.05, 0.1) is 0 Å². The molecule has 48 heavy (non-hydrogen) atoms.